The summed E-state index contributed by atoms with van der Waals surface area (Å²) in [5.41, 5.74) is 7.60. The first-order valence-corrected chi connectivity index (χ1v) is 5.54. The van der Waals surface area contributed by atoms with Crippen molar-refractivity contribution in [3.63, 3.8) is 0 Å². The second-order valence-corrected chi connectivity index (χ2v) is 4.04. The summed E-state index contributed by atoms with van der Waals surface area (Å²) in [6, 6.07) is 6.04. The first kappa shape index (κ1) is 11.3. The van der Waals surface area contributed by atoms with E-state index in [0.717, 1.165) is 11.1 Å². The molecule has 0 spiro atoms. The Kier molecular flexibility index (Phi) is 2.49. The minimum absolute atomic E-state index is 0.279. The normalized spacial score (nSPS) is 10.8. The number of amides is 1. The predicted octanol–water partition coefficient (Wildman–Crippen LogP) is 1.63. The van der Waals surface area contributed by atoms with Gasteiger partial charge in [0.05, 0.1) is 11.8 Å². The zero-order valence-electron chi connectivity index (χ0n) is 9.75. The van der Waals surface area contributed by atoms with Crippen molar-refractivity contribution in [2.45, 2.75) is 0 Å². The van der Waals surface area contributed by atoms with Crippen LogP contribution in [0.1, 0.15) is 10.4 Å². The van der Waals surface area contributed by atoms with E-state index < -0.39 is 5.91 Å². The van der Waals surface area contributed by atoms with Crippen molar-refractivity contribution in [3.05, 3.63) is 54.2 Å². The monoisotopic (exact) mass is 256 g/mol. The molecule has 0 radical (unpaired) electrons. The van der Waals surface area contributed by atoms with Crippen LogP contribution in [0.3, 0.4) is 0 Å². The Labute approximate surface area is 107 Å². The molecule has 19 heavy (non-hydrogen) atoms. The van der Waals surface area contributed by atoms with Gasteiger partial charge in [0, 0.05) is 18.0 Å². The minimum Gasteiger partial charge on any atom is -0.366 e. The summed E-state index contributed by atoms with van der Waals surface area (Å²) in [5.74, 6) is -0.863. The molecule has 2 N–H and O–H groups in total. The number of carbonyl (C=O) groups excluding carboxylic acids is 1. The standard InChI is InChI=1S/C13H9FN4O/c14-10-3-1-8(2-4-10)11-6-17-18-7-9(12(15)19)5-16-13(11)18/h1-7H,(H2,15,19). The quantitative estimate of drug-likeness (QED) is 0.757. The second kappa shape index (κ2) is 4.16. The summed E-state index contributed by atoms with van der Waals surface area (Å²) in [6.45, 7) is 0. The highest BCUT2D eigenvalue weighted by molar-refractivity contribution is 5.92. The molecule has 3 rings (SSSR count). The van der Waals surface area contributed by atoms with E-state index in [9.17, 15) is 9.18 Å². The van der Waals surface area contributed by atoms with Crippen molar-refractivity contribution in [1.82, 2.24) is 14.6 Å². The maximum absolute atomic E-state index is 12.9. The first-order valence-electron chi connectivity index (χ1n) is 5.54. The van der Waals surface area contributed by atoms with Gasteiger partial charge in [0.25, 0.3) is 5.91 Å². The van der Waals surface area contributed by atoms with Crippen LogP contribution >= 0.6 is 0 Å². The molecule has 0 unspecified atom stereocenters. The van der Waals surface area contributed by atoms with Crippen molar-refractivity contribution in [2.24, 2.45) is 5.73 Å². The van der Waals surface area contributed by atoms with Gasteiger partial charge in [0.2, 0.25) is 0 Å². The lowest BCUT2D eigenvalue weighted by atomic mass is 10.1. The summed E-state index contributed by atoms with van der Waals surface area (Å²) in [5, 5.41) is 4.11. The molecular formula is C13H9FN4O. The molecule has 1 aromatic carbocycles. The number of aromatic nitrogens is 3. The van der Waals surface area contributed by atoms with Crippen molar-refractivity contribution in [2.75, 3.05) is 0 Å². The molecule has 5 nitrogen and oxygen atoms in total. The lowest BCUT2D eigenvalue weighted by Crippen LogP contribution is -2.12. The number of nitrogens with zero attached hydrogens (tertiary/aromatic N) is 3. The highest BCUT2D eigenvalue weighted by atomic mass is 19.1. The molecule has 0 aliphatic rings. The molecule has 0 atom stereocenters. The van der Waals surface area contributed by atoms with Crippen molar-refractivity contribution in [3.8, 4) is 11.1 Å². The van der Waals surface area contributed by atoms with E-state index in [1.54, 1.807) is 18.3 Å². The molecule has 2 aromatic heterocycles. The van der Waals surface area contributed by atoms with Gasteiger partial charge < -0.3 is 5.73 Å². The van der Waals surface area contributed by atoms with E-state index in [2.05, 4.69) is 10.1 Å². The van der Waals surface area contributed by atoms with E-state index >= 15 is 0 Å². The molecule has 2 heterocycles. The van der Waals surface area contributed by atoms with Gasteiger partial charge in [-0.2, -0.15) is 5.10 Å². The fourth-order valence-electron chi connectivity index (χ4n) is 1.84. The number of halogens is 1. The summed E-state index contributed by atoms with van der Waals surface area (Å²) in [6.07, 6.45) is 4.52. The maximum Gasteiger partial charge on any atom is 0.251 e. The van der Waals surface area contributed by atoms with Crippen LogP contribution in [-0.4, -0.2) is 20.5 Å². The van der Waals surface area contributed by atoms with E-state index in [4.69, 9.17) is 5.73 Å². The third-order valence-electron chi connectivity index (χ3n) is 2.80. The van der Waals surface area contributed by atoms with Crippen LogP contribution in [0.25, 0.3) is 16.8 Å². The largest absolute Gasteiger partial charge is 0.366 e. The molecule has 3 aromatic rings. The number of nitrogens with two attached hydrogens (primary N) is 1. The molecule has 0 aliphatic carbocycles. The summed E-state index contributed by atoms with van der Waals surface area (Å²) >= 11 is 0. The van der Waals surface area contributed by atoms with Gasteiger partial charge in [-0.15, -0.1) is 0 Å². The molecule has 6 heteroatoms. The summed E-state index contributed by atoms with van der Waals surface area (Å²) < 4.78 is 14.4. The van der Waals surface area contributed by atoms with Gasteiger partial charge in [0.1, 0.15) is 5.82 Å². The molecule has 0 aliphatic heterocycles. The van der Waals surface area contributed by atoms with Gasteiger partial charge in [-0.3, -0.25) is 4.79 Å². The zero-order valence-corrected chi connectivity index (χ0v) is 9.75. The number of rotatable bonds is 2. The Morgan fingerprint density at radius 1 is 1.21 bits per heavy atom. The van der Waals surface area contributed by atoms with Gasteiger partial charge in [-0.25, -0.2) is 13.9 Å². The lowest BCUT2D eigenvalue weighted by Gasteiger charge is -2.00. The number of benzene rings is 1. The van der Waals surface area contributed by atoms with Gasteiger partial charge >= 0.3 is 0 Å². The maximum atomic E-state index is 12.9. The summed E-state index contributed by atoms with van der Waals surface area (Å²) in [7, 11) is 0. The van der Waals surface area contributed by atoms with Gasteiger partial charge in [0.15, 0.2) is 5.65 Å². The van der Waals surface area contributed by atoms with E-state index in [1.807, 2.05) is 0 Å². The zero-order chi connectivity index (χ0) is 13.4. The van der Waals surface area contributed by atoms with Crippen molar-refractivity contribution in [1.29, 1.82) is 0 Å². The van der Waals surface area contributed by atoms with Crippen LogP contribution in [0.5, 0.6) is 0 Å². The van der Waals surface area contributed by atoms with Crippen LogP contribution in [0.2, 0.25) is 0 Å². The number of primary amides is 1. The second-order valence-electron chi connectivity index (χ2n) is 4.04. The molecule has 0 saturated carbocycles. The Bertz CT molecular complexity index is 764. The average Bonchev–Trinajstić information content (AvgIpc) is 2.82. The smallest absolute Gasteiger partial charge is 0.251 e. The Morgan fingerprint density at radius 3 is 2.63 bits per heavy atom. The van der Waals surface area contributed by atoms with Crippen LogP contribution < -0.4 is 5.73 Å². The van der Waals surface area contributed by atoms with E-state index in [0.29, 0.717) is 5.65 Å². The molecule has 0 saturated heterocycles. The SMILES string of the molecule is NC(=O)c1cnc2c(-c3ccc(F)cc3)cnn2c1. The topological polar surface area (TPSA) is 73.3 Å². The van der Waals surface area contributed by atoms with Crippen molar-refractivity contribution >= 4 is 11.6 Å². The molecule has 0 bridgehead atoms. The number of hydrogen-bond donors (Lipinski definition) is 1. The first-order chi connectivity index (χ1) is 9.15. The Balaban J connectivity index is 2.15. The minimum atomic E-state index is -0.562. The van der Waals surface area contributed by atoms with Gasteiger partial charge in [-0.1, -0.05) is 12.1 Å². The third kappa shape index (κ3) is 1.93. The van der Waals surface area contributed by atoms with E-state index in [1.165, 1.54) is 29.0 Å². The molecule has 94 valence electrons. The Hall–Kier alpha value is -2.76. The summed E-state index contributed by atoms with van der Waals surface area (Å²) in [4.78, 5) is 15.2. The van der Waals surface area contributed by atoms with E-state index in [-0.39, 0.29) is 11.4 Å². The fraction of sp³-hybridized carbons (Fsp3) is 0. The fourth-order valence-corrected chi connectivity index (χ4v) is 1.84. The molecular weight excluding hydrogens is 247 g/mol. The number of fused-ring (bicyclic) bond motifs is 1. The van der Waals surface area contributed by atoms with Crippen molar-refractivity contribution < 1.29 is 9.18 Å². The average molecular weight is 256 g/mol. The molecule has 0 fully saturated rings. The van der Waals surface area contributed by atoms with Crippen LogP contribution in [-0.2, 0) is 0 Å². The third-order valence-corrected chi connectivity index (χ3v) is 2.80. The Morgan fingerprint density at radius 2 is 1.95 bits per heavy atom. The van der Waals surface area contributed by atoms with Crippen LogP contribution in [0.15, 0.2) is 42.9 Å². The highest BCUT2D eigenvalue weighted by Crippen LogP contribution is 2.23. The van der Waals surface area contributed by atoms with Crippen LogP contribution in [0.4, 0.5) is 4.39 Å². The van der Waals surface area contributed by atoms with Crippen LogP contribution in [0, 0.1) is 5.82 Å². The molecule has 1 amide bonds. The highest BCUT2D eigenvalue weighted by Gasteiger charge is 2.10. The number of hydrogen-bond acceptors (Lipinski definition) is 3. The lowest BCUT2D eigenvalue weighted by molar-refractivity contribution is 0.0999. The van der Waals surface area contributed by atoms with Gasteiger partial charge in [-0.05, 0) is 17.7 Å². The predicted molar refractivity (Wildman–Crippen MR) is 66.9 cm³/mol. The number of carbonyl (C=O) groups is 1.